The molecule has 0 spiro atoms. The number of hydrogen-bond donors (Lipinski definition) is 3. The van der Waals surface area contributed by atoms with Crippen LogP contribution in [0.5, 0.6) is 0 Å². The standard InChI is InChI=1S/C15H17N5O/c1-15(2)10(8-9-6-4-3-5-7-9)17-11-12(20-15)18-14(16)19-13(11)21/h3-7H,8H2,1-2H3,(H4,16,18,19,20,21). The summed E-state index contributed by atoms with van der Waals surface area (Å²) < 4.78 is 0. The zero-order valence-electron chi connectivity index (χ0n) is 12.0. The van der Waals surface area contributed by atoms with Crippen molar-refractivity contribution in [3.8, 4) is 0 Å². The summed E-state index contributed by atoms with van der Waals surface area (Å²) in [7, 11) is 0. The van der Waals surface area contributed by atoms with Gasteiger partial charge < -0.3 is 11.1 Å². The van der Waals surface area contributed by atoms with Gasteiger partial charge in [-0.3, -0.25) is 9.78 Å². The molecular weight excluding hydrogens is 266 g/mol. The van der Waals surface area contributed by atoms with E-state index in [0.29, 0.717) is 12.2 Å². The second kappa shape index (κ2) is 4.73. The maximum absolute atomic E-state index is 12.0. The van der Waals surface area contributed by atoms with Gasteiger partial charge in [-0.05, 0) is 19.4 Å². The van der Waals surface area contributed by atoms with Crippen molar-refractivity contribution in [2.45, 2.75) is 25.8 Å². The Morgan fingerprint density at radius 1 is 1.24 bits per heavy atom. The highest BCUT2D eigenvalue weighted by atomic mass is 16.1. The van der Waals surface area contributed by atoms with Crippen LogP contribution in [0.3, 0.4) is 0 Å². The lowest BCUT2D eigenvalue weighted by molar-refractivity contribution is 0.729. The van der Waals surface area contributed by atoms with Gasteiger partial charge in [0.2, 0.25) is 5.95 Å². The van der Waals surface area contributed by atoms with Gasteiger partial charge in [0.15, 0.2) is 11.5 Å². The Labute approximate surface area is 122 Å². The molecule has 4 N–H and O–H groups in total. The van der Waals surface area contributed by atoms with Gasteiger partial charge in [-0.1, -0.05) is 30.3 Å². The first kappa shape index (κ1) is 13.4. The number of nitrogen functional groups attached to an aromatic ring is 1. The van der Waals surface area contributed by atoms with Crippen molar-refractivity contribution in [2.24, 2.45) is 4.99 Å². The molecule has 3 rings (SSSR count). The van der Waals surface area contributed by atoms with Crippen LogP contribution in [0.1, 0.15) is 19.4 Å². The molecule has 0 radical (unpaired) electrons. The van der Waals surface area contributed by atoms with Gasteiger partial charge in [0.25, 0.3) is 5.56 Å². The molecule has 0 amide bonds. The fourth-order valence-electron chi connectivity index (χ4n) is 2.37. The summed E-state index contributed by atoms with van der Waals surface area (Å²) in [5.41, 5.74) is 7.18. The maximum atomic E-state index is 12.0. The first-order chi connectivity index (χ1) is 9.95. The Morgan fingerprint density at radius 2 is 1.95 bits per heavy atom. The Morgan fingerprint density at radius 3 is 2.67 bits per heavy atom. The number of benzene rings is 1. The molecule has 0 saturated carbocycles. The Kier molecular flexibility index (Phi) is 3.01. The van der Waals surface area contributed by atoms with Crippen molar-refractivity contribution < 1.29 is 0 Å². The first-order valence-corrected chi connectivity index (χ1v) is 6.76. The van der Waals surface area contributed by atoms with Crippen LogP contribution in [0.2, 0.25) is 0 Å². The minimum absolute atomic E-state index is 0.0868. The van der Waals surface area contributed by atoms with Crippen molar-refractivity contribution in [3.63, 3.8) is 0 Å². The van der Waals surface area contributed by atoms with Crippen LogP contribution in [0.4, 0.5) is 17.5 Å². The lowest BCUT2D eigenvalue weighted by atomic mass is 9.91. The highest BCUT2D eigenvalue weighted by molar-refractivity contribution is 6.01. The Bertz CT molecular complexity index is 761. The summed E-state index contributed by atoms with van der Waals surface area (Å²) in [6.07, 6.45) is 0.671. The number of nitrogens with one attached hydrogen (secondary N) is 2. The van der Waals surface area contributed by atoms with Gasteiger partial charge in [0.1, 0.15) is 0 Å². The number of aromatic amines is 1. The molecule has 1 aliphatic rings. The van der Waals surface area contributed by atoms with E-state index in [2.05, 4.69) is 20.3 Å². The number of H-pyrrole nitrogens is 1. The Balaban J connectivity index is 2.06. The summed E-state index contributed by atoms with van der Waals surface area (Å²) in [5, 5.41) is 3.25. The Hall–Kier alpha value is -2.63. The van der Waals surface area contributed by atoms with Gasteiger partial charge in [-0.2, -0.15) is 4.98 Å². The molecule has 6 nitrogen and oxygen atoms in total. The van der Waals surface area contributed by atoms with Crippen LogP contribution in [-0.2, 0) is 6.42 Å². The quantitative estimate of drug-likeness (QED) is 0.784. The van der Waals surface area contributed by atoms with Gasteiger partial charge in [-0.25, -0.2) is 4.99 Å². The zero-order valence-corrected chi connectivity index (χ0v) is 12.0. The third kappa shape index (κ3) is 2.52. The summed E-state index contributed by atoms with van der Waals surface area (Å²) >= 11 is 0. The van der Waals surface area contributed by atoms with E-state index in [1.165, 1.54) is 0 Å². The van der Waals surface area contributed by atoms with Crippen molar-refractivity contribution in [3.05, 3.63) is 46.2 Å². The van der Waals surface area contributed by atoms with Crippen molar-refractivity contribution in [2.75, 3.05) is 11.1 Å². The minimum atomic E-state index is -0.393. The molecule has 0 bridgehead atoms. The van der Waals surface area contributed by atoms with Crippen LogP contribution in [0.15, 0.2) is 40.1 Å². The molecule has 0 aliphatic carbocycles. The number of fused-ring (bicyclic) bond motifs is 1. The largest absolute Gasteiger partial charge is 0.369 e. The third-order valence-corrected chi connectivity index (χ3v) is 3.53. The molecule has 1 aromatic carbocycles. The van der Waals surface area contributed by atoms with Crippen LogP contribution in [0.25, 0.3) is 0 Å². The van der Waals surface area contributed by atoms with Gasteiger partial charge >= 0.3 is 0 Å². The van der Waals surface area contributed by atoms with Gasteiger partial charge in [0.05, 0.1) is 5.54 Å². The summed E-state index contributed by atoms with van der Waals surface area (Å²) in [4.78, 5) is 23.1. The molecule has 1 aromatic heterocycles. The van der Waals surface area contributed by atoms with Crippen LogP contribution < -0.4 is 16.6 Å². The molecule has 1 aliphatic heterocycles. The van der Waals surface area contributed by atoms with E-state index in [1.807, 2.05) is 44.2 Å². The topological polar surface area (TPSA) is 96.2 Å². The molecular formula is C15H17N5O. The number of rotatable bonds is 2. The van der Waals surface area contributed by atoms with Gasteiger partial charge in [0, 0.05) is 12.1 Å². The second-order valence-corrected chi connectivity index (χ2v) is 5.62. The minimum Gasteiger partial charge on any atom is -0.369 e. The molecule has 108 valence electrons. The van der Waals surface area contributed by atoms with Crippen molar-refractivity contribution in [1.82, 2.24) is 9.97 Å². The van der Waals surface area contributed by atoms with Crippen LogP contribution in [-0.4, -0.2) is 21.2 Å². The van der Waals surface area contributed by atoms with Gasteiger partial charge in [-0.15, -0.1) is 0 Å². The monoisotopic (exact) mass is 283 g/mol. The molecule has 6 heteroatoms. The van der Waals surface area contributed by atoms with E-state index in [9.17, 15) is 4.79 Å². The smallest absolute Gasteiger partial charge is 0.280 e. The van der Waals surface area contributed by atoms with E-state index in [1.54, 1.807) is 0 Å². The van der Waals surface area contributed by atoms with Crippen LogP contribution >= 0.6 is 0 Å². The summed E-state index contributed by atoms with van der Waals surface area (Å²) in [6, 6.07) is 10.0. The molecule has 21 heavy (non-hydrogen) atoms. The highest BCUT2D eigenvalue weighted by Gasteiger charge is 2.31. The average Bonchev–Trinajstić information content (AvgIpc) is 2.41. The maximum Gasteiger partial charge on any atom is 0.280 e. The first-order valence-electron chi connectivity index (χ1n) is 6.76. The summed E-state index contributed by atoms with van der Waals surface area (Å²) in [5.74, 6) is 0.516. The lowest BCUT2D eigenvalue weighted by Gasteiger charge is -2.32. The fourth-order valence-corrected chi connectivity index (χ4v) is 2.37. The number of nitrogens with zero attached hydrogens (tertiary/aromatic N) is 2. The van der Waals surface area contributed by atoms with Crippen molar-refractivity contribution in [1.29, 1.82) is 0 Å². The molecule has 2 aromatic rings. The van der Waals surface area contributed by atoms with E-state index >= 15 is 0 Å². The van der Waals surface area contributed by atoms with Crippen molar-refractivity contribution >= 4 is 23.2 Å². The second-order valence-electron chi connectivity index (χ2n) is 5.62. The molecule has 2 heterocycles. The van der Waals surface area contributed by atoms with E-state index < -0.39 is 5.54 Å². The molecule has 0 unspecified atom stereocenters. The van der Waals surface area contributed by atoms with Crippen LogP contribution in [0, 0.1) is 0 Å². The number of anilines is 2. The number of nitrogens with two attached hydrogens (primary N) is 1. The lowest BCUT2D eigenvalue weighted by Crippen LogP contribution is -2.44. The normalized spacial score (nSPS) is 15.8. The van der Waals surface area contributed by atoms with E-state index in [0.717, 1.165) is 11.3 Å². The summed E-state index contributed by atoms with van der Waals surface area (Å²) in [6.45, 7) is 4.02. The third-order valence-electron chi connectivity index (χ3n) is 3.53. The number of hydrogen-bond acceptors (Lipinski definition) is 5. The average molecular weight is 283 g/mol. The predicted molar refractivity (Wildman–Crippen MR) is 84.2 cm³/mol. The zero-order chi connectivity index (χ0) is 15.0. The molecule has 0 saturated heterocycles. The number of aliphatic imine (C=N–C) groups is 1. The highest BCUT2D eigenvalue weighted by Crippen LogP contribution is 2.30. The predicted octanol–water partition coefficient (Wildman–Crippen LogP) is 1.87. The fraction of sp³-hybridized carbons (Fsp3) is 0.267. The SMILES string of the molecule is CC1(C)Nc2nc(N)[nH]c(=O)c2N=C1Cc1ccccc1. The number of aromatic nitrogens is 2. The van der Waals surface area contributed by atoms with E-state index in [4.69, 9.17) is 5.73 Å². The molecule has 0 fully saturated rings. The van der Waals surface area contributed by atoms with E-state index in [-0.39, 0.29) is 17.2 Å². The molecule has 0 atom stereocenters.